The van der Waals surface area contributed by atoms with Gasteiger partial charge in [-0.2, -0.15) is 0 Å². The monoisotopic (exact) mass is 218 g/mol. The van der Waals surface area contributed by atoms with Crippen LogP contribution in [0.3, 0.4) is 0 Å². The maximum absolute atomic E-state index is 10.9. The Hall–Kier alpha value is -1.86. The summed E-state index contributed by atoms with van der Waals surface area (Å²) >= 11 is 0. The molecule has 1 heterocycles. The minimum Gasteiger partial charge on any atom is -0.476 e. The number of aromatic carboxylic acids is 1. The third-order valence-electron chi connectivity index (χ3n) is 1.95. The van der Waals surface area contributed by atoms with Crippen molar-refractivity contribution in [1.82, 2.24) is 10.3 Å². The van der Waals surface area contributed by atoms with E-state index in [4.69, 9.17) is 5.11 Å². The Labute approximate surface area is 94.7 Å². The summed E-state index contributed by atoms with van der Waals surface area (Å²) in [6.07, 6.45) is 2.21. The molecule has 0 aliphatic rings. The second-order valence-electron chi connectivity index (χ2n) is 3.37. The zero-order chi connectivity index (χ0) is 12.0. The highest BCUT2D eigenvalue weighted by molar-refractivity contribution is 5.88. The Kier molecular flexibility index (Phi) is 4.49. The second-order valence-corrected chi connectivity index (χ2v) is 3.37. The zero-order valence-corrected chi connectivity index (χ0v) is 9.37. The van der Waals surface area contributed by atoms with Crippen molar-refractivity contribution in [2.45, 2.75) is 13.3 Å². The van der Waals surface area contributed by atoms with Gasteiger partial charge in [-0.25, -0.2) is 9.78 Å². The van der Waals surface area contributed by atoms with Crippen LogP contribution in [0.4, 0.5) is 0 Å². The second kappa shape index (κ2) is 5.89. The molecule has 4 nitrogen and oxygen atoms in total. The lowest BCUT2D eigenvalue weighted by molar-refractivity contribution is 0.0690. The molecule has 0 radical (unpaired) electrons. The number of hydrogen-bond donors (Lipinski definition) is 2. The summed E-state index contributed by atoms with van der Waals surface area (Å²) in [6, 6.07) is 1.74. The summed E-state index contributed by atoms with van der Waals surface area (Å²) in [5.41, 5.74) is 1.40. The van der Waals surface area contributed by atoms with Crippen LogP contribution in [0.2, 0.25) is 0 Å². The number of pyridine rings is 1. The lowest BCUT2D eigenvalue weighted by atomic mass is 10.1. The van der Waals surface area contributed by atoms with Crippen LogP contribution in [0.25, 0.3) is 0 Å². The van der Waals surface area contributed by atoms with Crippen LogP contribution < -0.4 is 5.32 Å². The highest BCUT2D eigenvalue weighted by Gasteiger charge is 2.09. The van der Waals surface area contributed by atoms with E-state index in [-0.39, 0.29) is 5.69 Å². The maximum Gasteiger partial charge on any atom is 0.355 e. The van der Waals surface area contributed by atoms with E-state index >= 15 is 0 Å². The van der Waals surface area contributed by atoms with Gasteiger partial charge in [0.2, 0.25) is 0 Å². The van der Waals surface area contributed by atoms with Crippen molar-refractivity contribution in [1.29, 1.82) is 0 Å². The first-order valence-corrected chi connectivity index (χ1v) is 4.98. The number of nitrogens with zero attached hydrogens (tertiary/aromatic N) is 1. The molecule has 16 heavy (non-hydrogen) atoms. The lowest BCUT2D eigenvalue weighted by Crippen LogP contribution is -2.06. The third-order valence-corrected chi connectivity index (χ3v) is 1.95. The molecule has 0 aromatic carbocycles. The van der Waals surface area contributed by atoms with Gasteiger partial charge in [-0.05, 0) is 25.6 Å². The fourth-order valence-corrected chi connectivity index (χ4v) is 1.18. The van der Waals surface area contributed by atoms with Crippen LogP contribution >= 0.6 is 0 Å². The standard InChI is InChI=1S/C12H14N2O2/c1-9-7-10(5-3-4-6-13-2)11(12(15)16)14-8-9/h7-8,13H,4,6H2,1-2H3,(H,15,16). The van der Waals surface area contributed by atoms with Crippen molar-refractivity contribution in [3.8, 4) is 11.8 Å². The molecule has 0 atom stereocenters. The van der Waals surface area contributed by atoms with Crippen LogP contribution in [0, 0.1) is 18.8 Å². The molecule has 1 rings (SSSR count). The Morgan fingerprint density at radius 3 is 3.00 bits per heavy atom. The number of nitrogens with one attached hydrogen (secondary N) is 1. The first kappa shape index (κ1) is 12.2. The number of aryl methyl sites for hydroxylation is 1. The molecule has 1 aromatic heterocycles. The molecular formula is C12H14N2O2. The van der Waals surface area contributed by atoms with E-state index in [9.17, 15) is 4.79 Å². The first-order chi connectivity index (χ1) is 7.65. The van der Waals surface area contributed by atoms with Crippen LogP contribution in [0.1, 0.15) is 28.0 Å². The van der Waals surface area contributed by atoms with Gasteiger partial charge >= 0.3 is 5.97 Å². The van der Waals surface area contributed by atoms with Gasteiger partial charge in [-0.15, -0.1) is 0 Å². The topological polar surface area (TPSA) is 62.2 Å². The molecule has 0 bridgehead atoms. The van der Waals surface area contributed by atoms with E-state index in [1.165, 1.54) is 6.20 Å². The summed E-state index contributed by atoms with van der Waals surface area (Å²) < 4.78 is 0. The van der Waals surface area contributed by atoms with Crippen molar-refractivity contribution in [3.05, 3.63) is 29.1 Å². The third kappa shape index (κ3) is 3.37. The van der Waals surface area contributed by atoms with E-state index < -0.39 is 5.97 Å². The summed E-state index contributed by atoms with van der Waals surface area (Å²) in [7, 11) is 1.85. The molecule has 0 unspecified atom stereocenters. The Bertz CT molecular complexity index is 444. The fourth-order valence-electron chi connectivity index (χ4n) is 1.18. The molecule has 4 heteroatoms. The lowest BCUT2D eigenvalue weighted by Gasteiger charge is -1.99. The van der Waals surface area contributed by atoms with Crippen molar-refractivity contribution in [3.63, 3.8) is 0 Å². The van der Waals surface area contributed by atoms with Gasteiger partial charge in [-0.1, -0.05) is 11.8 Å². The summed E-state index contributed by atoms with van der Waals surface area (Å²) in [6.45, 7) is 2.64. The van der Waals surface area contributed by atoms with Crippen molar-refractivity contribution < 1.29 is 9.90 Å². The van der Waals surface area contributed by atoms with E-state index in [2.05, 4.69) is 22.1 Å². The van der Waals surface area contributed by atoms with Gasteiger partial charge in [0, 0.05) is 19.2 Å². The molecule has 0 fully saturated rings. The minimum atomic E-state index is -1.04. The average molecular weight is 218 g/mol. The highest BCUT2D eigenvalue weighted by atomic mass is 16.4. The number of hydrogen-bond acceptors (Lipinski definition) is 3. The van der Waals surface area contributed by atoms with Gasteiger partial charge in [0.15, 0.2) is 5.69 Å². The maximum atomic E-state index is 10.9. The van der Waals surface area contributed by atoms with E-state index in [0.29, 0.717) is 12.0 Å². The summed E-state index contributed by atoms with van der Waals surface area (Å²) in [5.74, 6) is 4.70. The molecule has 0 aliphatic carbocycles. The normalized spacial score (nSPS) is 9.38. The van der Waals surface area contributed by atoms with Crippen LogP contribution in [-0.2, 0) is 0 Å². The molecular weight excluding hydrogens is 204 g/mol. The van der Waals surface area contributed by atoms with Crippen molar-refractivity contribution >= 4 is 5.97 Å². The van der Waals surface area contributed by atoms with Gasteiger partial charge in [0.05, 0.1) is 5.56 Å². The van der Waals surface area contributed by atoms with Crippen molar-refractivity contribution in [2.24, 2.45) is 0 Å². The van der Waals surface area contributed by atoms with Crippen molar-refractivity contribution in [2.75, 3.05) is 13.6 Å². The molecule has 0 saturated heterocycles. The molecule has 0 amide bonds. The smallest absolute Gasteiger partial charge is 0.355 e. The predicted molar refractivity (Wildman–Crippen MR) is 61.4 cm³/mol. The Morgan fingerprint density at radius 2 is 2.38 bits per heavy atom. The minimum absolute atomic E-state index is 0.0163. The molecule has 84 valence electrons. The quantitative estimate of drug-likeness (QED) is 0.588. The molecule has 0 saturated carbocycles. The van der Waals surface area contributed by atoms with E-state index in [0.717, 1.165) is 12.1 Å². The van der Waals surface area contributed by atoms with Gasteiger partial charge < -0.3 is 10.4 Å². The number of carboxylic acid groups (broad SMARTS) is 1. The molecule has 2 N–H and O–H groups in total. The average Bonchev–Trinajstić information content (AvgIpc) is 2.24. The molecule has 1 aromatic rings. The number of rotatable bonds is 3. The molecule has 0 spiro atoms. The number of aromatic nitrogens is 1. The SMILES string of the molecule is CNCCC#Cc1cc(C)cnc1C(=O)O. The summed E-state index contributed by atoms with van der Waals surface area (Å²) in [5, 5.41) is 11.9. The Balaban J connectivity index is 2.95. The van der Waals surface area contributed by atoms with Crippen LogP contribution in [0.5, 0.6) is 0 Å². The fraction of sp³-hybridized carbons (Fsp3) is 0.333. The van der Waals surface area contributed by atoms with Gasteiger partial charge in [-0.3, -0.25) is 0 Å². The zero-order valence-electron chi connectivity index (χ0n) is 9.37. The van der Waals surface area contributed by atoms with E-state index in [1.807, 2.05) is 14.0 Å². The number of carboxylic acids is 1. The molecule has 0 aliphatic heterocycles. The predicted octanol–water partition coefficient (Wildman–Crippen LogP) is 1.05. The largest absolute Gasteiger partial charge is 0.476 e. The highest BCUT2D eigenvalue weighted by Crippen LogP contribution is 2.07. The van der Waals surface area contributed by atoms with Crippen LogP contribution in [-0.4, -0.2) is 29.7 Å². The van der Waals surface area contributed by atoms with Gasteiger partial charge in [0.25, 0.3) is 0 Å². The van der Waals surface area contributed by atoms with Crippen LogP contribution in [0.15, 0.2) is 12.3 Å². The van der Waals surface area contributed by atoms with E-state index in [1.54, 1.807) is 6.07 Å². The number of carbonyl (C=O) groups is 1. The first-order valence-electron chi connectivity index (χ1n) is 4.98. The Morgan fingerprint density at radius 1 is 1.62 bits per heavy atom. The summed E-state index contributed by atoms with van der Waals surface area (Å²) in [4.78, 5) is 14.7. The van der Waals surface area contributed by atoms with Gasteiger partial charge in [0.1, 0.15) is 0 Å².